The molecule has 0 amide bonds. The van der Waals surface area contributed by atoms with E-state index in [1.807, 2.05) is 52.0 Å². The summed E-state index contributed by atoms with van der Waals surface area (Å²) >= 11 is 0. The number of hydrogen-bond donors (Lipinski definition) is 2. The van der Waals surface area contributed by atoms with Gasteiger partial charge in [-0.15, -0.1) is 0 Å². The fourth-order valence-electron chi connectivity index (χ4n) is 3.76. The van der Waals surface area contributed by atoms with Crippen LogP contribution >= 0.6 is 0 Å². The number of aryl methyl sites for hydroxylation is 1. The van der Waals surface area contributed by atoms with Crippen molar-refractivity contribution in [2.45, 2.75) is 104 Å². The van der Waals surface area contributed by atoms with Gasteiger partial charge in [0.1, 0.15) is 0 Å². The van der Waals surface area contributed by atoms with E-state index in [-0.39, 0.29) is 0 Å². The van der Waals surface area contributed by atoms with Gasteiger partial charge in [0.15, 0.2) is 0 Å². The molecule has 5 nitrogen and oxygen atoms in total. The molecular formula is C34H47B2NO4. The Labute approximate surface area is 249 Å². The number of rotatable bonds is 14. The Balaban J connectivity index is 1.86. The number of anilines is 3. The van der Waals surface area contributed by atoms with Crippen molar-refractivity contribution in [2.24, 2.45) is 0 Å². The van der Waals surface area contributed by atoms with Crippen LogP contribution in [0.3, 0.4) is 0 Å². The highest BCUT2D eigenvalue weighted by atomic mass is 16.5. The number of nitrogens with zero attached hydrogens (tertiary/aromatic N) is 1. The van der Waals surface area contributed by atoms with Gasteiger partial charge in [-0.05, 0) is 110 Å². The summed E-state index contributed by atoms with van der Waals surface area (Å²) in [6.45, 7) is 16.7. The summed E-state index contributed by atoms with van der Waals surface area (Å²) in [4.78, 5) is 2.22. The third-order valence-electron chi connectivity index (χ3n) is 8.24. The van der Waals surface area contributed by atoms with E-state index in [1.54, 1.807) is 42.7 Å². The van der Waals surface area contributed by atoms with Gasteiger partial charge in [-0.2, -0.15) is 0 Å². The molecule has 0 fully saturated rings. The van der Waals surface area contributed by atoms with Crippen LogP contribution in [0.5, 0.6) is 0 Å². The van der Waals surface area contributed by atoms with Gasteiger partial charge in [-0.3, -0.25) is 0 Å². The fourth-order valence-corrected chi connectivity index (χ4v) is 3.76. The van der Waals surface area contributed by atoms with Crippen LogP contribution in [0.2, 0.25) is 0 Å². The van der Waals surface area contributed by atoms with Crippen LogP contribution < -0.4 is 15.8 Å². The first-order valence-corrected chi connectivity index (χ1v) is 14.6. The van der Waals surface area contributed by atoms with E-state index < -0.39 is 22.4 Å². The highest BCUT2D eigenvalue weighted by Gasteiger charge is 2.36. The lowest BCUT2D eigenvalue weighted by Gasteiger charge is -2.37. The largest absolute Gasteiger partial charge is 0.427 e. The zero-order valence-corrected chi connectivity index (χ0v) is 26.4. The second kappa shape index (κ2) is 13.2. The van der Waals surface area contributed by atoms with Crippen molar-refractivity contribution in [3.05, 3.63) is 78.4 Å². The summed E-state index contributed by atoms with van der Waals surface area (Å²) < 4.78 is 11.9. The molecule has 0 aliphatic heterocycles. The summed E-state index contributed by atoms with van der Waals surface area (Å²) in [5.74, 6) is 0. The van der Waals surface area contributed by atoms with Crippen LogP contribution in [0.25, 0.3) is 0 Å². The van der Waals surface area contributed by atoms with E-state index in [0.29, 0.717) is 0 Å². The van der Waals surface area contributed by atoms with E-state index >= 15 is 0 Å². The number of hydrogen-bond acceptors (Lipinski definition) is 5. The van der Waals surface area contributed by atoms with Crippen molar-refractivity contribution in [3.8, 4) is 0 Å². The van der Waals surface area contributed by atoms with Gasteiger partial charge < -0.3 is 24.4 Å². The molecule has 0 saturated carbocycles. The van der Waals surface area contributed by atoms with Gasteiger partial charge in [0, 0.05) is 17.1 Å². The normalized spacial score (nSPS) is 12.8. The van der Waals surface area contributed by atoms with Crippen LogP contribution in [-0.2, 0) is 15.7 Å². The van der Waals surface area contributed by atoms with Crippen molar-refractivity contribution < 1.29 is 19.5 Å². The van der Waals surface area contributed by atoms with Crippen LogP contribution in [0, 0.1) is 0 Å². The molecule has 0 spiro atoms. The average Bonchev–Trinajstić information content (AvgIpc) is 2.90. The van der Waals surface area contributed by atoms with Gasteiger partial charge >= 0.3 is 15.0 Å². The van der Waals surface area contributed by atoms with Crippen LogP contribution in [0.1, 0.15) is 80.7 Å². The van der Waals surface area contributed by atoms with Crippen molar-refractivity contribution in [2.75, 3.05) is 4.90 Å². The molecule has 0 unspecified atom stereocenters. The van der Waals surface area contributed by atoms with Crippen molar-refractivity contribution in [1.29, 1.82) is 0 Å². The third kappa shape index (κ3) is 8.71. The molecule has 7 heteroatoms. The summed E-state index contributed by atoms with van der Waals surface area (Å²) in [6.07, 6.45) is 3.43. The second-order valence-corrected chi connectivity index (χ2v) is 12.9. The molecule has 3 rings (SSSR count). The van der Waals surface area contributed by atoms with Crippen molar-refractivity contribution in [1.82, 2.24) is 0 Å². The molecular weight excluding hydrogens is 508 g/mol. The molecule has 41 heavy (non-hydrogen) atoms. The second-order valence-electron chi connectivity index (χ2n) is 12.9. The highest BCUT2D eigenvalue weighted by Crippen LogP contribution is 2.34. The SMILES string of the molecule is CCCCc1ccc(N(c2ccc([B]OC(C)(C)C(C)(C)O)cc2)c2ccc([B]OC(C)(C)C(C)(C)O)cc2)cc1. The first-order chi connectivity index (χ1) is 19.0. The van der Waals surface area contributed by atoms with E-state index in [4.69, 9.17) is 9.31 Å². The Hall–Kier alpha value is -2.57. The number of unbranched alkanes of at least 4 members (excludes halogenated alkanes) is 1. The standard InChI is InChI=1S/C34H47B2NO4/c1-10-11-12-25-13-19-28(20-14-25)37(29-21-15-26(16-22-29)35-40-33(6,7)31(2,3)38)30-23-17-27(18-24-30)36-41-34(8,9)32(4,5)39/h13-24,38-39H,10-12H2,1-9H3. The van der Waals surface area contributed by atoms with Gasteiger partial charge in [0.25, 0.3) is 0 Å². The lowest BCUT2D eigenvalue weighted by Crippen LogP contribution is -2.49. The molecule has 3 aromatic rings. The van der Waals surface area contributed by atoms with Crippen molar-refractivity contribution in [3.63, 3.8) is 0 Å². The predicted molar refractivity (Wildman–Crippen MR) is 173 cm³/mol. The van der Waals surface area contributed by atoms with E-state index in [9.17, 15) is 10.2 Å². The molecule has 0 bridgehead atoms. The van der Waals surface area contributed by atoms with E-state index in [1.165, 1.54) is 18.4 Å². The van der Waals surface area contributed by atoms with Gasteiger partial charge in [-0.25, -0.2) is 0 Å². The molecule has 2 N–H and O–H groups in total. The molecule has 0 saturated heterocycles. The molecule has 0 aliphatic carbocycles. The minimum atomic E-state index is -0.984. The van der Waals surface area contributed by atoms with Gasteiger partial charge in [0.05, 0.1) is 22.4 Å². The summed E-state index contributed by atoms with van der Waals surface area (Å²) in [5.41, 5.74) is 2.83. The maximum atomic E-state index is 10.4. The lowest BCUT2D eigenvalue weighted by molar-refractivity contribution is -0.0893. The zero-order chi connectivity index (χ0) is 30.5. The third-order valence-corrected chi connectivity index (χ3v) is 8.24. The highest BCUT2D eigenvalue weighted by molar-refractivity contribution is 6.47. The van der Waals surface area contributed by atoms with Crippen LogP contribution in [0.4, 0.5) is 17.1 Å². The Morgan fingerprint density at radius 2 is 0.927 bits per heavy atom. The zero-order valence-electron chi connectivity index (χ0n) is 26.4. The lowest BCUT2D eigenvalue weighted by atomic mass is 9.82. The first kappa shape index (κ1) is 32.9. The smallest absolute Gasteiger partial charge is 0.330 e. The average molecular weight is 555 g/mol. The Bertz CT molecular complexity index is 1150. The van der Waals surface area contributed by atoms with E-state index in [2.05, 4.69) is 60.4 Å². The molecule has 3 aromatic carbocycles. The van der Waals surface area contributed by atoms with Crippen LogP contribution in [0.15, 0.2) is 72.8 Å². The molecule has 0 atom stereocenters. The van der Waals surface area contributed by atoms with Gasteiger partial charge in [-0.1, -0.05) is 60.7 Å². The van der Waals surface area contributed by atoms with E-state index in [0.717, 1.165) is 34.4 Å². The first-order valence-electron chi connectivity index (χ1n) is 14.6. The molecule has 0 heterocycles. The minimum absolute atomic E-state index is 0.734. The number of aliphatic hydroxyl groups is 2. The summed E-state index contributed by atoms with van der Waals surface area (Å²) in [5, 5.41) is 20.8. The summed E-state index contributed by atoms with van der Waals surface area (Å²) in [7, 11) is 3.41. The Morgan fingerprint density at radius 3 is 1.24 bits per heavy atom. The molecule has 0 aromatic heterocycles. The predicted octanol–water partition coefficient (Wildman–Crippen LogP) is 6.12. The quantitative estimate of drug-likeness (QED) is 0.235. The minimum Gasteiger partial charge on any atom is -0.427 e. The van der Waals surface area contributed by atoms with Crippen molar-refractivity contribution >= 4 is 43.0 Å². The fraction of sp³-hybridized carbons (Fsp3) is 0.471. The molecule has 2 radical (unpaired) electrons. The Kier molecular flexibility index (Phi) is 10.6. The topological polar surface area (TPSA) is 62.2 Å². The maximum absolute atomic E-state index is 10.4. The summed E-state index contributed by atoms with van der Waals surface area (Å²) in [6, 6.07) is 25.2. The van der Waals surface area contributed by atoms with Crippen LogP contribution in [-0.4, -0.2) is 47.6 Å². The monoisotopic (exact) mass is 555 g/mol. The Morgan fingerprint density at radius 1 is 0.585 bits per heavy atom. The molecule has 0 aliphatic rings. The molecule has 218 valence electrons. The maximum Gasteiger partial charge on any atom is 0.330 e. The van der Waals surface area contributed by atoms with Gasteiger partial charge in [0.2, 0.25) is 0 Å². The number of benzene rings is 3.